The Hall–Kier alpha value is -2.37. The van der Waals surface area contributed by atoms with Gasteiger partial charge >= 0.3 is 0 Å². The molecule has 30 heavy (non-hydrogen) atoms. The molecule has 2 saturated heterocycles. The van der Waals surface area contributed by atoms with Crippen LogP contribution in [0, 0.1) is 0 Å². The minimum Gasteiger partial charge on any atom is -0.341 e. The van der Waals surface area contributed by atoms with Gasteiger partial charge in [-0.25, -0.2) is 0 Å². The van der Waals surface area contributed by atoms with Crippen LogP contribution < -0.4 is 0 Å². The first kappa shape index (κ1) is 20.9. The highest BCUT2D eigenvalue weighted by molar-refractivity contribution is 6.30. The Kier molecular flexibility index (Phi) is 6.70. The lowest BCUT2D eigenvalue weighted by atomic mass is 10.1. The molecule has 1 unspecified atom stereocenters. The first-order valence-electron chi connectivity index (χ1n) is 10.7. The molecule has 0 radical (unpaired) electrons. The zero-order valence-corrected chi connectivity index (χ0v) is 17.9. The van der Waals surface area contributed by atoms with Gasteiger partial charge in [0.25, 0.3) is 0 Å². The minimum atomic E-state index is -0.0362. The fourth-order valence-electron chi connectivity index (χ4n) is 4.41. The SMILES string of the molecule is O=C(Cc1cccc(Cl)c1)N1CCN(C2CCN(CCc3ccccc3)C2=O)CC1. The van der Waals surface area contributed by atoms with Gasteiger partial charge in [0.2, 0.25) is 11.8 Å². The second-order valence-electron chi connectivity index (χ2n) is 8.09. The van der Waals surface area contributed by atoms with E-state index in [0.717, 1.165) is 44.6 Å². The molecule has 2 fully saturated rings. The Bertz CT molecular complexity index is 881. The molecule has 2 heterocycles. The zero-order valence-electron chi connectivity index (χ0n) is 17.2. The van der Waals surface area contributed by atoms with Crippen LogP contribution in [0.2, 0.25) is 5.02 Å². The summed E-state index contributed by atoms with van der Waals surface area (Å²) in [5.74, 6) is 0.365. The van der Waals surface area contributed by atoms with E-state index in [-0.39, 0.29) is 17.9 Å². The van der Waals surface area contributed by atoms with Gasteiger partial charge in [0.05, 0.1) is 12.5 Å². The van der Waals surface area contributed by atoms with Crippen molar-refractivity contribution in [1.82, 2.24) is 14.7 Å². The van der Waals surface area contributed by atoms with Crippen molar-refractivity contribution in [3.8, 4) is 0 Å². The topological polar surface area (TPSA) is 43.9 Å². The quantitative estimate of drug-likeness (QED) is 0.714. The fourth-order valence-corrected chi connectivity index (χ4v) is 4.62. The van der Waals surface area contributed by atoms with Crippen molar-refractivity contribution in [2.75, 3.05) is 39.3 Å². The Labute approximate surface area is 183 Å². The molecule has 5 nitrogen and oxygen atoms in total. The molecular formula is C24H28ClN3O2. The third kappa shape index (κ3) is 5.02. The maximum Gasteiger partial charge on any atom is 0.240 e. The molecule has 0 aliphatic carbocycles. The lowest BCUT2D eigenvalue weighted by molar-refractivity contribution is -0.135. The fraction of sp³-hybridized carbons (Fsp3) is 0.417. The molecule has 0 saturated carbocycles. The van der Waals surface area contributed by atoms with Crippen molar-refractivity contribution in [1.29, 1.82) is 0 Å². The summed E-state index contributed by atoms with van der Waals surface area (Å²) < 4.78 is 0. The highest BCUT2D eigenvalue weighted by atomic mass is 35.5. The van der Waals surface area contributed by atoms with Gasteiger partial charge in [0.1, 0.15) is 0 Å². The van der Waals surface area contributed by atoms with E-state index in [1.807, 2.05) is 52.3 Å². The van der Waals surface area contributed by atoms with E-state index >= 15 is 0 Å². The molecule has 0 aromatic heterocycles. The summed E-state index contributed by atoms with van der Waals surface area (Å²) in [6.07, 6.45) is 2.14. The molecule has 2 aromatic carbocycles. The number of hydrogen-bond donors (Lipinski definition) is 0. The standard InChI is InChI=1S/C24H28ClN3O2/c25-21-8-4-7-20(17-21)18-23(29)27-15-13-26(14-16-27)22-10-12-28(24(22)30)11-9-19-5-2-1-3-6-19/h1-8,17,22H,9-16,18H2. The smallest absolute Gasteiger partial charge is 0.240 e. The van der Waals surface area contributed by atoms with E-state index in [0.29, 0.717) is 24.5 Å². The van der Waals surface area contributed by atoms with Crippen LogP contribution in [-0.4, -0.2) is 71.8 Å². The Morgan fingerprint density at radius 2 is 1.67 bits per heavy atom. The monoisotopic (exact) mass is 425 g/mol. The van der Waals surface area contributed by atoms with Crippen molar-refractivity contribution in [3.05, 3.63) is 70.7 Å². The lowest BCUT2D eigenvalue weighted by Gasteiger charge is -2.37. The summed E-state index contributed by atoms with van der Waals surface area (Å²) in [7, 11) is 0. The van der Waals surface area contributed by atoms with Crippen molar-refractivity contribution in [2.24, 2.45) is 0 Å². The van der Waals surface area contributed by atoms with Crippen LogP contribution in [0.3, 0.4) is 0 Å². The second kappa shape index (κ2) is 9.63. The van der Waals surface area contributed by atoms with Gasteiger partial charge in [-0.1, -0.05) is 54.1 Å². The summed E-state index contributed by atoms with van der Waals surface area (Å²) >= 11 is 6.02. The molecule has 2 amide bonds. The first-order chi connectivity index (χ1) is 14.6. The number of nitrogens with zero attached hydrogens (tertiary/aromatic N) is 3. The van der Waals surface area contributed by atoms with Crippen molar-refractivity contribution in [2.45, 2.75) is 25.3 Å². The van der Waals surface area contributed by atoms with E-state index in [1.54, 1.807) is 0 Å². The van der Waals surface area contributed by atoms with Crippen LogP contribution in [0.15, 0.2) is 54.6 Å². The molecule has 0 bridgehead atoms. The third-order valence-electron chi connectivity index (χ3n) is 6.13. The van der Waals surface area contributed by atoms with Gasteiger partial charge in [-0.05, 0) is 36.1 Å². The number of halogens is 1. The Morgan fingerprint density at radius 1 is 0.933 bits per heavy atom. The molecule has 0 N–H and O–H groups in total. The molecule has 2 aliphatic rings. The van der Waals surface area contributed by atoms with Gasteiger partial charge in [-0.2, -0.15) is 0 Å². The van der Waals surface area contributed by atoms with Crippen LogP contribution >= 0.6 is 11.6 Å². The van der Waals surface area contributed by atoms with Crippen molar-refractivity contribution in [3.63, 3.8) is 0 Å². The highest BCUT2D eigenvalue weighted by Gasteiger charge is 2.37. The summed E-state index contributed by atoms with van der Waals surface area (Å²) in [6, 6.07) is 17.7. The Balaban J connectivity index is 1.25. The van der Waals surface area contributed by atoms with Crippen LogP contribution in [-0.2, 0) is 22.4 Å². The number of piperazine rings is 1. The molecule has 2 aromatic rings. The number of amides is 2. The van der Waals surface area contributed by atoms with Crippen molar-refractivity contribution >= 4 is 23.4 Å². The number of carbonyl (C=O) groups is 2. The number of carbonyl (C=O) groups excluding carboxylic acids is 2. The number of likely N-dealkylation sites (tertiary alicyclic amines) is 1. The second-order valence-corrected chi connectivity index (χ2v) is 8.53. The average molecular weight is 426 g/mol. The van der Waals surface area contributed by atoms with Crippen LogP contribution in [0.25, 0.3) is 0 Å². The molecule has 1 atom stereocenters. The summed E-state index contributed by atoms with van der Waals surface area (Å²) in [6.45, 7) is 4.45. The summed E-state index contributed by atoms with van der Waals surface area (Å²) in [5.41, 5.74) is 2.20. The van der Waals surface area contributed by atoms with E-state index in [2.05, 4.69) is 17.0 Å². The molecular weight excluding hydrogens is 398 g/mol. The lowest BCUT2D eigenvalue weighted by Crippen LogP contribution is -2.54. The number of rotatable bonds is 6. The largest absolute Gasteiger partial charge is 0.341 e. The molecule has 158 valence electrons. The highest BCUT2D eigenvalue weighted by Crippen LogP contribution is 2.20. The van der Waals surface area contributed by atoms with Crippen LogP contribution in [0.1, 0.15) is 17.5 Å². The zero-order chi connectivity index (χ0) is 20.9. The summed E-state index contributed by atoms with van der Waals surface area (Å²) in [4.78, 5) is 31.7. The van der Waals surface area contributed by atoms with E-state index in [1.165, 1.54) is 5.56 Å². The molecule has 6 heteroatoms. The first-order valence-corrected chi connectivity index (χ1v) is 11.1. The minimum absolute atomic E-state index is 0.0362. The maximum atomic E-state index is 12.9. The van der Waals surface area contributed by atoms with E-state index in [9.17, 15) is 9.59 Å². The number of hydrogen-bond acceptors (Lipinski definition) is 3. The van der Waals surface area contributed by atoms with Gasteiger partial charge in [0, 0.05) is 44.3 Å². The van der Waals surface area contributed by atoms with Gasteiger partial charge in [-0.15, -0.1) is 0 Å². The molecule has 4 rings (SSSR count). The molecule has 2 aliphatic heterocycles. The predicted octanol–water partition coefficient (Wildman–Crippen LogP) is 2.87. The Morgan fingerprint density at radius 3 is 2.40 bits per heavy atom. The van der Waals surface area contributed by atoms with E-state index < -0.39 is 0 Å². The van der Waals surface area contributed by atoms with Gasteiger partial charge in [-0.3, -0.25) is 14.5 Å². The summed E-state index contributed by atoms with van der Waals surface area (Å²) in [5, 5.41) is 0.654. The normalized spacial score (nSPS) is 20.0. The average Bonchev–Trinajstić information content (AvgIpc) is 3.13. The van der Waals surface area contributed by atoms with E-state index in [4.69, 9.17) is 11.6 Å². The maximum absolute atomic E-state index is 12.9. The van der Waals surface area contributed by atoms with Crippen LogP contribution in [0.5, 0.6) is 0 Å². The predicted molar refractivity (Wildman–Crippen MR) is 118 cm³/mol. The van der Waals surface area contributed by atoms with Crippen molar-refractivity contribution < 1.29 is 9.59 Å². The number of benzene rings is 2. The van der Waals surface area contributed by atoms with Gasteiger partial charge < -0.3 is 9.80 Å². The third-order valence-corrected chi connectivity index (χ3v) is 6.37. The van der Waals surface area contributed by atoms with Gasteiger partial charge in [0.15, 0.2) is 0 Å². The molecule has 0 spiro atoms. The van der Waals surface area contributed by atoms with Crippen LogP contribution in [0.4, 0.5) is 0 Å².